The van der Waals surface area contributed by atoms with E-state index in [2.05, 4.69) is 71.5 Å². The van der Waals surface area contributed by atoms with Gasteiger partial charge in [0, 0.05) is 10.9 Å². The summed E-state index contributed by atoms with van der Waals surface area (Å²) in [6.07, 6.45) is 1.28. The molecule has 0 amide bonds. The topological polar surface area (TPSA) is 21.3 Å². The number of hydrogen-bond acceptors (Lipinski definition) is 2. The van der Waals surface area contributed by atoms with Gasteiger partial charge in [-0.25, -0.2) is 0 Å². The number of benzene rings is 2. The van der Waals surface area contributed by atoms with Crippen LogP contribution in [-0.4, -0.2) is 13.2 Å². The third-order valence-corrected chi connectivity index (χ3v) is 5.02. The fourth-order valence-electron chi connectivity index (χ4n) is 3.06. The molecule has 2 unspecified atom stereocenters. The number of nitrogens with one attached hydrogen (secondary N) is 1. The Bertz CT molecular complexity index is 668. The van der Waals surface area contributed by atoms with E-state index in [4.69, 9.17) is 4.74 Å². The summed E-state index contributed by atoms with van der Waals surface area (Å²) in [4.78, 5) is 0. The normalized spacial score (nSPS) is 18.2. The van der Waals surface area contributed by atoms with Gasteiger partial charge in [-0.2, -0.15) is 0 Å². The van der Waals surface area contributed by atoms with Crippen LogP contribution in [0.3, 0.4) is 0 Å². The number of halogens is 1. The number of hydrogen-bond donors (Lipinski definition) is 1. The maximum atomic E-state index is 5.80. The monoisotopic (exact) mass is 345 g/mol. The van der Waals surface area contributed by atoms with Gasteiger partial charge in [-0.15, -0.1) is 0 Å². The zero-order valence-electron chi connectivity index (χ0n) is 12.6. The highest BCUT2D eigenvalue weighted by Crippen LogP contribution is 2.34. The van der Waals surface area contributed by atoms with Gasteiger partial charge in [-0.1, -0.05) is 40.2 Å². The van der Waals surface area contributed by atoms with E-state index >= 15 is 0 Å². The van der Waals surface area contributed by atoms with E-state index in [9.17, 15) is 0 Å². The van der Waals surface area contributed by atoms with E-state index in [1.165, 1.54) is 22.3 Å². The fourth-order valence-corrected chi connectivity index (χ4v) is 3.44. The molecule has 2 nitrogen and oxygen atoms in total. The van der Waals surface area contributed by atoms with Crippen molar-refractivity contribution in [2.45, 2.75) is 32.4 Å². The highest BCUT2D eigenvalue weighted by molar-refractivity contribution is 9.10. The first-order valence-electron chi connectivity index (χ1n) is 7.32. The zero-order valence-corrected chi connectivity index (χ0v) is 14.2. The van der Waals surface area contributed by atoms with Gasteiger partial charge in [-0.3, -0.25) is 0 Å². The average molecular weight is 346 g/mol. The van der Waals surface area contributed by atoms with Gasteiger partial charge in [0.15, 0.2) is 0 Å². The molecule has 0 saturated heterocycles. The zero-order chi connectivity index (χ0) is 15.0. The maximum absolute atomic E-state index is 5.80. The van der Waals surface area contributed by atoms with Crippen molar-refractivity contribution in [3.8, 4) is 5.75 Å². The molecule has 1 heterocycles. The van der Waals surface area contributed by atoms with Crippen LogP contribution < -0.4 is 10.1 Å². The Balaban J connectivity index is 2.01. The van der Waals surface area contributed by atoms with Crippen molar-refractivity contribution in [3.63, 3.8) is 0 Å². The second-order valence-electron chi connectivity index (χ2n) is 5.68. The minimum atomic E-state index is 0.198. The van der Waals surface area contributed by atoms with Crippen molar-refractivity contribution in [2.24, 2.45) is 0 Å². The maximum Gasteiger partial charge on any atom is 0.123 e. The Kier molecular flexibility index (Phi) is 4.05. The van der Waals surface area contributed by atoms with E-state index in [1.807, 2.05) is 7.05 Å². The van der Waals surface area contributed by atoms with Crippen LogP contribution in [0.5, 0.6) is 5.75 Å². The van der Waals surface area contributed by atoms with Gasteiger partial charge >= 0.3 is 0 Å². The van der Waals surface area contributed by atoms with E-state index in [0.29, 0.717) is 0 Å². The predicted octanol–water partition coefficient (Wildman–Crippen LogP) is 4.39. The van der Waals surface area contributed by atoms with Gasteiger partial charge in [0.25, 0.3) is 0 Å². The Morgan fingerprint density at radius 3 is 2.86 bits per heavy atom. The summed E-state index contributed by atoms with van der Waals surface area (Å²) in [6.45, 7) is 4.27. The van der Waals surface area contributed by atoms with Crippen molar-refractivity contribution in [3.05, 3.63) is 63.1 Å². The molecule has 0 saturated carbocycles. The Morgan fingerprint density at radius 1 is 1.29 bits per heavy atom. The lowest BCUT2D eigenvalue weighted by molar-refractivity contribution is 0.254. The van der Waals surface area contributed by atoms with Crippen molar-refractivity contribution in [1.82, 2.24) is 5.32 Å². The number of ether oxygens (including phenoxy) is 1. The van der Waals surface area contributed by atoms with Gasteiger partial charge in [0.2, 0.25) is 0 Å². The molecule has 0 fully saturated rings. The Morgan fingerprint density at radius 2 is 2.10 bits per heavy atom. The molecular weight excluding hydrogens is 326 g/mol. The number of fused-ring (bicyclic) bond motifs is 1. The smallest absolute Gasteiger partial charge is 0.123 e. The van der Waals surface area contributed by atoms with Crippen molar-refractivity contribution in [2.75, 3.05) is 7.05 Å². The fraction of sp³-hybridized carbons (Fsp3) is 0.333. The molecule has 0 aromatic heterocycles. The van der Waals surface area contributed by atoms with Crippen LogP contribution in [-0.2, 0) is 6.42 Å². The van der Waals surface area contributed by atoms with E-state index in [1.54, 1.807) is 0 Å². The Labute approximate surface area is 134 Å². The average Bonchev–Trinajstić information content (AvgIpc) is 2.83. The first-order chi connectivity index (χ1) is 10.1. The van der Waals surface area contributed by atoms with Crippen LogP contribution >= 0.6 is 15.9 Å². The molecule has 1 aliphatic rings. The van der Waals surface area contributed by atoms with E-state index in [-0.39, 0.29) is 12.1 Å². The third-order valence-electron chi connectivity index (χ3n) is 4.16. The summed E-state index contributed by atoms with van der Waals surface area (Å²) in [5, 5.41) is 3.44. The highest BCUT2D eigenvalue weighted by Gasteiger charge is 2.22. The van der Waals surface area contributed by atoms with Crippen molar-refractivity contribution < 1.29 is 4.74 Å². The second-order valence-corrected chi connectivity index (χ2v) is 6.53. The molecule has 0 spiro atoms. The van der Waals surface area contributed by atoms with Crippen LogP contribution in [0, 0.1) is 6.92 Å². The molecule has 1 aliphatic heterocycles. The van der Waals surface area contributed by atoms with Crippen LogP contribution in [0.4, 0.5) is 0 Å². The first kappa shape index (κ1) is 14.6. The second kappa shape index (κ2) is 5.82. The lowest BCUT2D eigenvalue weighted by atomic mass is 9.93. The SMILES string of the molecule is CNC(c1ccc2c(c1)CC(C)O2)c1cccc(Br)c1C. The van der Waals surface area contributed by atoms with Crippen LogP contribution in [0.1, 0.15) is 35.2 Å². The molecule has 0 radical (unpaired) electrons. The van der Waals surface area contributed by atoms with Gasteiger partial charge in [0.1, 0.15) is 11.9 Å². The molecular formula is C18H20BrNO. The summed E-state index contributed by atoms with van der Waals surface area (Å²) in [7, 11) is 2.01. The molecule has 21 heavy (non-hydrogen) atoms. The third kappa shape index (κ3) is 2.72. The lowest BCUT2D eigenvalue weighted by Crippen LogP contribution is -2.19. The van der Waals surface area contributed by atoms with Crippen LogP contribution in [0.2, 0.25) is 0 Å². The molecule has 0 bridgehead atoms. The largest absolute Gasteiger partial charge is 0.490 e. The molecule has 0 aliphatic carbocycles. The Hall–Kier alpha value is -1.32. The highest BCUT2D eigenvalue weighted by atomic mass is 79.9. The summed E-state index contributed by atoms with van der Waals surface area (Å²) < 4.78 is 6.95. The minimum Gasteiger partial charge on any atom is -0.490 e. The number of rotatable bonds is 3. The predicted molar refractivity (Wildman–Crippen MR) is 90.0 cm³/mol. The summed E-state index contributed by atoms with van der Waals surface area (Å²) in [6, 6.07) is 13.1. The molecule has 2 aromatic carbocycles. The van der Waals surface area contributed by atoms with Crippen LogP contribution in [0.15, 0.2) is 40.9 Å². The van der Waals surface area contributed by atoms with Gasteiger partial charge < -0.3 is 10.1 Å². The first-order valence-corrected chi connectivity index (χ1v) is 8.11. The molecule has 2 atom stereocenters. The minimum absolute atomic E-state index is 0.198. The summed E-state index contributed by atoms with van der Waals surface area (Å²) in [5.74, 6) is 1.03. The quantitative estimate of drug-likeness (QED) is 0.890. The van der Waals surface area contributed by atoms with Gasteiger partial charge in [-0.05, 0) is 55.3 Å². The van der Waals surface area contributed by atoms with Crippen molar-refractivity contribution in [1.29, 1.82) is 0 Å². The molecule has 110 valence electrons. The van der Waals surface area contributed by atoms with Gasteiger partial charge in [0.05, 0.1) is 6.04 Å². The molecule has 2 aromatic rings. The summed E-state index contributed by atoms with van der Waals surface area (Å²) in [5.41, 5.74) is 5.18. The summed E-state index contributed by atoms with van der Waals surface area (Å²) >= 11 is 3.63. The molecule has 3 heteroatoms. The van der Waals surface area contributed by atoms with E-state index < -0.39 is 0 Å². The van der Waals surface area contributed by atoms with Crippen molar-refractivity contribution >= 4 is 15.9 Å². The van der Waals surface area contributed by atoms with Crippen LogP contribution in [0.25, 0.3) is 0 Å². The standard InChI is InChI=1S/C18H20BrNO/c1-11-9-14-10-13(7-8-17(14)21-11)18(20-3)15-5-4-6-16(19)12(15)2/h4-8,10-11,18,20H,9H2,1-3H3. The lowest BCUT2D eigenvalue weighted by Gasteiger charge is -2.20. The molecule has 3 rings (SSSR count). The molecule has 1 N–H and O–H groups in total. The van der Waals surface area contributed by atoms with E-state index in [0.717, 1.165) is 16.6 Å².